The van der Waals surface area contributed by atoms with Gasteiger partial charge in [0, 0.05) is 93.0 Å². The van der Waals surface area contributed by atoms with Crippen molar-refractivity contribution in [2.45, 2.75) is 212 Å². The first-order chi connectivity index (χ1) is 59.2. The van der Waals surface area contributed by atoms with Gasteiger partial charge in [-0.15, -0.1) is 0 Å². The summed E-state index contributed by atoms with van der Waals surface area (Å²) in [6.07, 6.45) is -5.06. The Kier molecular flexibility index (Phi) is 29.5. The molecule has 2 saturated heterocycles. The molecular weight excluding hydrogens is 1670 g/mol. The number of aliphatic hydroxyl groups is 3. The summed E-state index contributed by atoms with van der Waals surface area (Å²) in [4.78, 5) is 160. The van der Waals surface area contributed by atoms with Crippen molar-refractivity contribution >= 4 is 108 Å². The number of carboxylic acid groups (broad SMARTS) is 3. The molecule has 2 unspecified atom stereocenters. The van der Waals surface area contributed by atoms with E-state index < -0.39 is 180 Å². The van der Waals surface area contributed by atoms with E-state index in [1.54, 1.807) is 69.6 Å². The summed E-state index contributed by atoms with van der Waals surface area (Å²) in [5.74, 6) is -9.83. The molecule has 10 N–H and O–H groups in total. The average molecular weight is 1780 g/mol. The fourth-order valence-corrected chi connectivity index (χ4v) is 21.2. The van der Waals surface area contributed by atoms with Gasteiger partial charge in [0.1, 0.15) is 48.3 Å². The summed E-state index contributed by atoms with van der Waals surface area (Å²) in [5.41, 5.74) is 4.62. The Hall–Kier alpha value is -10.3. The summed E-state index contributed by atoms with van der Waals surface area (Å²) in [6, 6.07) is 16.3. The number of ketones is 3. The van der Waals surface area contributed by atoms with E-state index in [1.165, 1.54) is 30.3 Å². The van der Waals surface area contributed by atoms with E-state index >= 15 is 0 Å². The first kappa shape index (κ1) is 93.9. The van der Waals surface area contributed by atoms with Crippen LogP contribution in [0, 0.1) is 35.0 Å². The van der Waals surface area contributed by atoms with Crippen molar-refractivity contribution in [2.24, 2.45) is 28.1 Å². The number of pyridine rings is 1. The molecule has 676 valence electrons. The number of fused-ring (bicyclic) bond motifs is 2. The van der Waals surface area contributed by atoms with E-state index in [-0.39, 0.29) is 99.6 Å². The number of para-hydroxylation sites is 1. The molecule has 3 aliphatic heterocycles. The molecule has 125 heavy (non-hydrogen) atoms. The average Bonchev–Trinajstić information content (AvgIpc) is 0.748. The number of carboxylic acids is 3. The fourth-order valence-electron chi connectivity index (χ4n) is 20.0. The number of aliphatic hydroxyl groups excluding tert-OH is 3. The molecule has 36 nitrogen and oxygen atoms in total. The van der Waals surface area contributed by atoms with Crippen molar-refractivity contribution in [3.8, 4) is 16.9 Å². The standard InChI is InChI=1S/C87H110N10O26S2/c1-48(2)60(35-55(98)34-56(99)37-96-54(40-120-29-30-125(115,116)117)33-64(79(96)109)90-70(101)21-22-71(102)103)78(108)89-49(3)65(100)32-51-13-14-53(52(31-51)15-18-67-73(104)74(105)75(106)76(123-67)81(112)113)39-121-83(114)94(25-27-118-7)26-28-122-87-44-84(5)41-85(6,45-87)43-86(42-84,46-87)47-97-50(4)61(36-88-97)58-17-20-69(92-72(58)80(110)111)95-24-23-57-62(38-95)59(16-19-66(57)119-8)77(107)93-82-91-63-11-9-10-12-68(63)124-82/h9-14,16-17,19-20,31,36,48-49,54,60,64,67,73-76,104-106H,15,18,21-30,32-35,37-47H2,1-8H3,(H,89,108)(H,90,101)(H,102,103)(H,110,111)(H,112,113)(H,91,93,107)(H,115,116,117)/t49-,54-,60-,64-,67-,73-,74+,75-,76-,84?,85?,86?,87?/m0/s1. The topological polar surface area (TPSA) is 508 Å². The van der Waals surface area contributed by atoms with Crippen molar-refractivity contribution in [1.82, 2.24) is 40.2 Å². The third kappa shape index (κ3) is 22.6. The normalized spacial score (nSPS) is 24.3. The predicted molar refractivity (Wildman–Crippen MR) is 450 cm³/mol. The van der Waals surface area contributed by atoms with E-state index in [2.05, 4.69) is 34.8 Å². The second-order valence-corrected chi connectivity index (χ2v) is 37.9. The molecule has 4 aliphatic carbocycles. The molecule has 6 fully saturated rings. The van der Waals surface area contributed by atoms with Crippen LogP contribution in [0.2, 0.25) is 0 Å². The Morgan fingerprint density at radius 2 is 1.54 bits per heavy atom. The van der Waals surface area contributed by atoms with Crippen LogP contribution in [0.15, 0.2) is 72.9 Å². The largest absolute Gasteiger partial charge is 0.496 e. The second kappa shape index (κ2) is 39.3. The molecule has 7 aliphatic rings. The Morgan fingerprint density at radius 3 is 2.23 bits per heavy atom. The molecule has 3 aromatic carbocycles. The van der Waals surface area contributed by atoms with Crippen molar-refractivity contribution in [1.29, 1.82) is 0 Å². The van der Waals surface area contributed by atoms with Crippen LogP contribution in [0.1, 0.15) is 166 Å². The number of aromatic nitrogens is 4. The number of anilines is 2. The van der Waals surface area contributed by atoms with Gasteiger partial charge in [0.2, 0.25) is 17.7 Å². The number of nitrogens with zero attached hydrogens (tertiary/aromatic N) is 7. The first-order valence-corrected chi connectivity index (χ1v) is 44.3. The number of nitrogens with one attached hydrogen (secondary N) is 3. The minimum Gasteiger partial charge on any atom is -0.496 e. The number of hydrogen-bond donors (Lipinski definition) is 10. The Morgan fingerprint density at radius 1 is 0.808 bits per heavy atom. The van der Waals surface area contributed by atoms with Crippen molar-refractivity contribution in [3.05, 3.63) is 118 Å². The van der Waals surface area contributed by atoms with Gasteiger partial charge < -0.3 is 84.4 Å². The van der Waals surface area contributed by atoms with Crippen LogP contribution in [0.5, 0.6) is 5.75 Å². The number of likely N-dealkylation sites (tertiary alicyclic amines) is 1. The number of rotatable bonds is 42. The Bertz CT molecular complexity index is 5160. The van der Waals surface area contributed by atoms with Crippen LogP contribution in [-0.2, 0) is 111 Å². The second-order valence-electron chi connectivity index (χ2n) is 35.3. The van der Waals surface area contributed by atoms with Gasteiger partial charge in [-0.1, -0.05) is 69.4 Å². The molecule has 6 heterocycles. The van der Waals surface area contributed by atoms with Gasteiger partial charge in [0.25, 0.3) is 16.0 Å². The molecule has 3 aromatic heterocycles. The summed E-state index contributed by atoms with van der Waals surface area (Å²) >= 11 is 1.37. The summed E-state index contributed by atoms with van der Waals surface area (Å²) in [6.45, 7) is 11.2. The van der Waals surface area contributed by atoms with E-state index in [1.807, 2.05) is 40.8 Å². The summed E-state index contributed by atoms with van der Waals surface area (Å²) in [7, 11) is -1.34. The highest BCUT2D eigenvalue weighted by Crippen LogP contribution is 2.72. The molecule has 6 aromatic rings. The third-order valence-electron chi connectivity index (χ3n) is 24.9. The minimum absolute atomic E-state index is 0.0176. The number of amides is 5. The highest BCUT2D eigenvalue weighted by atomic mass is 32.2. The lowest BCUT2D eigenvalue weighted by atomic mass is 9.39. The number of Topliss-reactive ketones (excluding diaryl/α,β-unsaturated/α-hetero) is 3. The number of ether oxygens (including phenoxy) is 6. The zero-order valence-corrected chi connectivity index (χ0v) is 72.8. The van der Waals surface area contributed by atoms with E-state index in [0.717, 1.165) is 64.0 Å². The first-order valence-electron chi connectivity index (χ1n) is 41.8. The van der Waals surface area contributed by atoms with E-state index in [4.69, 9.17) is 48.2 Å². The van der Waals surface area contributed by atoms with Gasteiger partial charge in [-0.05, 0) is 159 Å². The van der Waals surface area contributed by atoms with Gasteiger partial charge in [0.05, 0.1) is 98.9 Å². The molecule has 4 bridgehead atoms. The molecule has 13 rings (SSSR count). The van der Waals surface area contributed by atoms with Gasteiger partial charge in [-0.3, -0.25) is 52.9 Å². The smallest absolute Gasteiger partial charge is 0.410 e. The maximum Gasteiger partial charge on any atom is 0.410 e. The number of hydrogen-bond acceptors (Lipinski definition) is 27. The molecule has 38 heteroatoms. The van der Waals surface area contributed by atoms with Crippen molar-refractivity contribution < 1.29 is 125 Å². The fraction of sp³-hybridized carbons (Fsp3) is 0.563. The third-order valence-corrected chi connectivity index (χ3v) is 26.6. The van der Waals surface area contributed by atoms with Crippen LogP contribution in [-0.4, -0.2) is 265 Å². The van der Waals surface area contributed by atoms with Crippen LogP contribution < -0.4 is 25.6 Å². The lowest BCUT2D eigenvalue weighted by molar-refractivity contribution is -0.248. The maximum atomic E-state index is 14.5. The number of aliphatic carboxylic acids is 2. The summed E-state index contributed by atoms with van der Waals surface area (Å²) < 4.78 is 70.1. The molecule has 5 amide bonds. The number of methoxy groups -OCH3 is 2. The van der Waals surface area contributed by atoms with E-state index in [9.17, 15) is 86.7 Å². The summed E-state index contributed by atoms with van der Waals surface area (Å²) in [5, 5.41) is 75.6. The number of thiazole rings is 1. The van der Waals surface area contributed by atoms with Crippen LogP contribution >= 0.6 is 11.3 Å². The number of benzene rings is 3. The number of carbonyl (C=O) groups is 11. The lowest BCUT2D eigenvalue weighted by Crippen LogP contribution is -2.64. The predicted octanol–water partition coefficient (Wildman–Crippen LogP) is 6.34. The zero-order chi connectivity index (χ0) is 90.4. The van der Waals surface area contributed by atoms with Crippen LogP contribution in [0.25, 0.3) is 21.3 Å². The molecule has 0 radical (unpaired) electrons. The van der Waals surface area contributed by atoms with E-state index in [0.29, 0.717) is 76.0 Å². The van der Waals surface area contributed by atoms with Crippen LogP contribution in [0.4, 0.5) is 15.7 Å². The van der Waals surface area contributed by atoms with Gasteiger partial charge >= 0.3 is 24.0 Å². The molecular formula is C87H110N10O26S2. The van der Waals surface area contributed by atoms with Gasteiger partial charge in [0.15, 0.2) is 28.5 Å². The molecule has 11 atom stereocenters. The maximum absolute atomic E-state index is 14.5. The quantitative estimate of drug-likeness (QED) is 0.0114. The number of carbonyl (C=O) groups excluding carboxylic acids is 8. The zero-order valence-electron chi connectivity index (χ0n) is 71.1. The van der Waals surface area contributed by atoms with Crippen LogP contribution in [0.3, 0.4) is 0 Å². The monoisotopic (exact) mass is 1770 g/mol. The minimum atomic E-state index is -4.42. The Balaban J connectivity index is 0.684. The SMILES string of the molecule is COCCN(CCOC12CC3(C)CC(C)(CC(Cn4ncc(-c5ccc(N6CCc7c(OC)ccc(C(=O)Nc8nc9ccccc9s8)c7C6)nc5C(=O)O)c4C)(C3)C1)C2)C(=O)OCc1ccc(CC(=O)[C@H](C)NC(=O)[C@@H](CC(=O)CC(=O)CN2C(=O)[C@@H](NC(=O)CCC(=O)O)C[C@H]2COCCS(=O)(=O)O)C(C)C)cc1CC[C@@H]1O[C@H](C(=O)O)[C@@H](O)[C@H](O)[C@H]1O. The number of aryl methyl sites for hydroxylation is 1. The highest BCUT2D eigenvalue weighted by molar-refractivity contribution is 7.85. The van der Waals surface area contributed by atoms with Gasteiger partial charge in [-0.2, -0.15) is 13.5 Å². The Labute approximate surface area is 726 Å². The number of aromatic carboxylic acids is 1. The molecule has 4 saturated carbocycles. The van der Waals surface area contributed by atoms with Crippen molar-refractivity contribution in [3.63, 3.8) is 0 Å². The van der Waals surface area contributed by atoms with Crippen molar-refractivity contribution in [2.75, 3.05) is 82.8 Å². The lowest BCUT2D eigenvalue weighted by Gasteiger charge is -2.69. The van der Waals surface area contributed by atoms with Gasteiger partial charge in [-0.25, -0.2) is 24.4 Å². The highest BCUT2D eigenvalue weighted by Gasteiger charge is 2.66. The molecule has 0 spiro atoms.